The van der Waals surface area contributed by atoms with Crippen molar-refractivity contribution in [2.24, 2.45) is 0 Å². The second-order valence-corrected chi connectivity index (χ2v) is 6.51. The maximum absolute atomic E-state index is 13.2. The van der Waals surface area contributed by atoms with Gasteiger partial charge in [0, 0.05) is 26.2 Å². The van der Waals surface area contributed by atoms with E-state index in [4.69, 9.17) is 11.6 Å². The summed E-state index contributed by atoms with van der Waals surface area (Å²) < 4.78 is 13.2. The Bertz CT molecular complexity index is 835. The summed E-state index contributed by atoms with van der Waals surface area (Å²) in [7, 11) is 0. The molecular weight excluding hydrogens is 359 g/mol. The minimum Gasteiger partial charge on any atom is -0.478 e. The zero-order chi connectivity index (χ0) is 18.7. The first kappa shape index (κ1) is 18.2. The summed E-state index contributed by atoms with van der Waals surface area (Å²) in [6, 6.07) is 10.8. The molecule has 0 spiro atoms. The first-order valence-corrected chi connectivity index (χ1v) is 8.62. The molecule has 0 atom stereocenters. The Morgan fingerprint density at radius 3 is 2.42 bits per heavy atom. The van der Waals surface area contributed by atoms with Crippen LogP contribution in [-0.2, 0) is 11.2 Å². The summed E-state index contributed by atoms with van der Waals surface area (Å²) in [5.41, 5.74) is 1.41. The van der Waals surface area contributed by atoms with Gasteiger partial charge in [0.25, 0.3) is 0 Å². The molecule has 0 radical (unpaired) electrons. The van der Waals surface area contributed by atoms with E-state index in [1.807, 2.05) is 4.90 Å². The van der Waals surface area contributed by atoms with Gasteiger partial charge >= 0.3 is 5.97 Å². The topological polar surface area (TPSA) is 60.9 Å². The fraction of sp³-hybridized carbons (Fsp3) is 0.263. The number of carbonyl (C=O) groups is 2. The average Bonchev–Trinajstić information content (AvgIpc) is 2.62. The molecule has 2 aromatic carbocycles. The summed E-state index contributed by atoms with van der Waals surface area (Å²) in [6.45, 7) is 2.17. The molecule has 0 saturated carbocycles. The number of halogens is 2. The Labute approximate surface area is 155 Å². The van der Waals surface area contributed by atoms with Crippen molar-refractivity contribution < 1.29 is 19.1 Å². The zero-order valence-corrected chi connectivity index (χ0v) is 14.7. The van der Waals surface area contributed by atoms with E-state index >= 15 is 0 Å². The first-order chi connectivity index (χ1) is 12.5. The third-order valence-electron chi connectivity index (χ3n) is 4.47. The molecule has 1 heterocycles. The molecule has 1 fully saturated rings. The summed E-state index contributed by atoms with van der Waals surface area (Å²) in [4.78, 5) is 27.5. The lowest BCUT2D eigenvalue weighted by atomic mass is 10.0. The molecular formula is C19H18ClFN2O3. The van der Waals surface area contributed by atoms with E-state index in [1.165, 1.54) is 18.2 Å². The number of benzene rings is 2. The monoisotopic (exact) mass is 376 g/mol. The second-order valence-electron chi connectivity index (χ2n) is 6.10. The number of nitrogens with zero attached hydrogens (tertiary/aromatic N) is 2. The van der Waals surface area contributed by atoms with Crippen molar-refractivity contribution in [1.29, 1.82) is 0 Å². The quantitative estimate of drug-likeness (QED) is 0.890. The molecule has 1 saturated heterocycles. The molecule has 7 heteroatoms. The van der Waals surface area contributed by atoms with Crippen molar-refractivity contribution in [2.45, 2.75) is 6.42 Å². The van der Waals surface area contributed by atoms with E-state index in [0.717, 1.165) is 5.69 Å². The number of amides is 1. The highest BCUT2D eigenvalue weighted by Gasteiger charge is 2.23. The summed E-state index contributed by atoms with van der Waals surface area (Å²) in [5, 5.41) is 9.57. The molecule has 1 amide bonds. The number of hydrogen-bond donors (Lipinski definition) is 1. The number of carboxylic acid groups (broad SMARTS) is 1. The molecule has 2 aromatic rings. The van der Waals surface area contributed by atoms with Crippen LogP contribution < -0.4 is 4.90 Å². The smallest absolute Gasteiger partial charge is 0.335 e. The number of anilines is 1. The summed E-state index contributed by atoms with van der Waals surface area (Å²) in [6.07, 6.45) is 0.0553. The standard InChI is InChI=1S/C19H18ClFN2O3/c20-16-12-14(21)5-6-17(16)22-7-9-23(10-8-22)18(24)11-13-3-1-2-4-15(13)19(25)26/h1-6,12H,7-11H2,(H,25,26). The second kappa shape index (κ2) is 7.74. The SMILES string of the molecule is O=C(O)c1ccccc1CC(=O)N1CCN(c2ccc(F)cc2Cl)CC1. The maximum atomic E-state index is 13.2. The van der Waals surface area contributed by atoms with Crippen LogP contribution in [-0.4, -0.2) is 48.1 Å². The van der Waals surface area contributed by atoms with Gasteiger partial charge in [-0.25, -0.2) is 9.18 Å². The number of carbonyl (C=O) groups excluding carboxylic acids is 1. The predicted molar refractivity (Wildman–Crippen MR) is 97.3 cm³/mol. The van der Waals surface area contributed by atoms with Crippen LogP contribution in [0.5, 0.6) is 0 Å². The molecule has 1 aliphatic rings. The van der Waals surface area contributed by atoms with Gasteiger partial charge in [-0.3, -0.25) is 4.79 Å². The first-order valence-electron chi connectivity index (χ1n) is 8.24. The fourth-order valence-corrected chi connectivity index (χ4v) is 3.38. The number of carboxylic acids is 1. The highest BCUT2D eigenvalue weighted by atomic mass is 35.5. The van der Waals surface area contributed by atoms with Crippen LogP contribution in [0.2, 0.25) is 5.02 Å². The van der Waals surface area contributed by atoms with Gasteiger partial charge in [0.15, 0.2) is 0 Å². The molecule has 136 valence electrons. The van der Waals surface area contributed by atoms with Gasteiger partial charge in [0.1, 0.15) is 5.82 Å². The zero-order valence-electron chi connectivity index (χ0n) is 14.0. The lowest BCUT2D eigenvalue weighted by molar-refractivity contribution is -0.130. The summed E-state index contributed by atoms with van der Waals surface area (Å²) in [5.74, 6) is -1.53. The van der Waals surface area contributed by atoms with Gasteiger partial charge < -0.3 is 14.9 Å². The lowest BCUT2D eigenvalue weighted by Gasteiger charge is -2.36. The van der Waals surface area contributed by atoms with Gasteiger partial charge in [0.2, 0.25) is 5.91 Å². The lowest BCUT2D eigenvalue weighted by Crippen LogP contribution is -2.49. The largest absolute Gasteiger partial charge is 0.478 e. The van der Waals surface area contributed by atoms with Crippen LogP contribution in [0.15, 0.2) is 42.5 Å². The van der Waals surface area contributed by atoms with Crippen molar-refractivity contribution in [3.63, 3.8) is 0 Å². The third-order valence-corrected chi connectivity index (χ3v) is 4.77. The third kappa shape index (κ3) is 3.96. The Kier molecular flexibility index (Phi) is 5.42. The number of piperazine rings is 1. The maximum Gasteiger partial charge on any atom is 0.335 e. The van der Waals surface area contributed by atoms with E-state index in [2.05, 4.69) is 0 Å². The van der Waals surface area contributed by atoms with Crippen LogP contribution in [0.25, 0.3) is 0 Å². The number of hydrogen-bond acceptors (Lipinski definition) is 3. The van der Waals surface area contributed by atoms with Gasteiger partial charge in [-0.05, 0) is 29.8 Å². The van der Waals surface area contributed by atoms with Gasteiger partial charge in [0.05, 0.1) is 22.7 Å². The predicted octanol–water partition coefficient (Wildman–Crippen LogP) is 3.07. The highest BCUT2D eigenvalue weighted by molar-refractivity contribution is 6.33. The molecule has 3 rings (SSSR count). The minimum atomic E-state index is -1.04. The Morgan fingerprint density at radius 1 is 1.08 bits per heavy atom. The molecule has 0 aromatic heterocycles. The normalized spacial score (nSPS) is 14.4. The summed E-state index contributed by atoms with van der Waals surface area (Å²) >= 11 is 6.10. The average molecular weight is 377 g/mol. The Hall–Kier alpha value is -2.60. The minimum absolute atomic E-state index is 0.0553. The Morgan fingerprint density at radius 2 is 1.77 bits per heavy atom. The molecule has 0 bridgehead atoms. The number of rotatable bonds is 4. The van der Waals surface area contributed by atoms with Crippen LogP contribution in [0.4, 0.5) is 10.1 Å². The molecule has 5 nitrogen and oxygen atoms in total. The van der Waals surface area contributed by atoms with Crippen molar-refractivity contribution in [2.75, 3.05) is 31.1 Å². The molecule has 1 aliphatic heterocycles. The number of aromatic carboxylic acids is 1. The molecule has 0 aliphatic carbocycles. The van der Waals surface area contributed by atoms with Crippen LogP contribution >= 0.6 is 11.6 Å². The van der Waals surface area contributed by atoms with E-state index in [1.54, 1.807) is 29.2 Å². The van der Waals surface area contributed by atoms with Gasteiger partial charge in [-0.15, -0.1) is 0 Å². The molecule has 26 heavy (non-hydrogen) atoms. The highest BCUT2D eigenvalue weighted by Crippen LogP contribution is 2.27. The van der Waals surface area contributed by atoms with Crippen LogP contribution in [0.3, 0.4) is 0 Å². The van der Waals surface area contributed by atoms with Crippen molar-refractivity contribution in [1.82, 2.24) is 4.90 Å². The molecule has 1 N–H and O–H groups in total. The Balaban J connectivity index is 1.63. The van der Waals surface area contributed by atoms with Gasteiger partial charge in [-0.1, -0.05) is 29.8 Å². The van der Waals surface area contributed by atoms with E-state index in [0.29, 0.717) is 36.8 Å². The van der Waals surface area contributed by atoms with Crippen molar-refractivity contribution in [3.05, 3.63) is 64.4 Å². The van der Waals surface area contributed by atoms with E-state index in [9.17, 15) is 19.1 Å². The van der Waals surface area contributed by atoms with E-state index < -0.39 is 5.97 Å². The van der Waals surface area contributed by atoms with Gasteiger partial charge in [-0.2, -0.15) is 0 Å². The van der Waals surface area contributed by atoms with Crippen LogP contribution in [0.1, 0.15) is 15.9 Å². The molecule has 0 unspecified atom stereocenters. The van der Waals surface area contributed by atoms with E-state index in [-0.39, 0.29) is 23.7 Å². The van der Waals surface area contributed by atoms with Crippen molar-refractivity contribution in [3.8, 4) is 0 Å². The fourth-order valence-electron chi connectivity index (χ4n) is 3.09. The van der Waals surface area contributed by atoms with Crippen molar-refractivity contribution >= 4 is 29.2 Å². The van der Waals surface area contributed by atoms with Crippen LogP contribution in [0, 0.1) is 5.82 Å².